The SMILES string of the molecule is COc1ccc(Br)c2c1C(C(=O)NS(=O)(=O)c1cccc3nccn13)CC2. The standard InChI is InChI=1S/C18H16BrN3O4S/c1-26-14-8-7-13(19)11-5-6-12(17(11)14)18(23)21-27(24,25)16-4-2-3-15-20-9-10-22(15)16/h2-4,7-10,12H,5-6H2,1H3,(H,21,23). The molecule has 1 atom stereocenters. The van der Waals surface area contributed by atoms with Crippen molar-refractivity contribution in [3.05, 3.63) is 58.3 Å². The van der Waals surface area contributed by atoms with Crippen molar-refractivity contribution in [3.8, 4) is 5.75 Å². The number of pyridine rings is 1. The van der Waals surface area contributed by atoms with Gasteiger partial charge in [-0.1, -0.05) is 22.0 Å². The fourth-order valence-electron chi connectivity index (χ4n) is 3.52. The van der Waals surface area contributed by atoms with Crippen molar-refractivity contribution in [2.24, 2.45) is 0 Å². The maximum Gasteiger partial charge on any atom is 0.280 e. The van der Waals surface area contributed by atoms with Crippen molar-refractivity contribution in [2.75, 3.05) is 7.11 Å². The topological polar surface area (TPSA) is 89.8 Å². The van der Waals surface area contributed by atoms with Crippen LogP contribution in [0.4, 0.5) is 0 Å². The minimum atomic E-state index is -4.05. The van der Waals surface area contributed by atoms with Gasteiger partial charge in [-0.15, -0.1) is 0 Å². The largest absolute Gasteiger partial charge is 0.496 e. The van der Waals surface area contributed by atoms with Gasteiger partial charge in [0.05, 0.1) is 13.0 Å². The summed E-state index contributed by atoms with van der Waals surface area (Å²) in [6.07, 6.45) is 4.23. The molecule has 2 heterocycles. The van der Waals surface area contributed by atoms with Crippen molar-refractivity contribution in [3.63, 3.8) is 0 Å². The molecule has 2 aromatic heterocycles. The lowest BCUT2D eigenvalue weighted by Crippen LogP contribution is -2.35. The number of imidazole rings is 1. The fourth-order valence-corrected chi connectivity index (χ4v) is 5.25. The van der Waals surface area contributed by atoms with Gasteiger partial charge in [-0.3, -0.25) is 9.20 Å². The lowest BCUT2D eigenvalue weighted by atomic mass is 10.00. The fraction of sp³-hybridized carbons (Fsp3) is 0.222. The Balaban J connectivity index is 1.69. The first-order valence-electron chi connectivity index (χ1n) is 8.26. The number of hydrogen-bond donors (Lipinski definition) is 1. The third kappa shape index (κ3) is 3.00. The molecule has 0 spiro atoms. The zero-order valence-electron chi connectivity index (χ0n) is 14.3. The third-order valence-electron chi connectivity index (χ3n) is 4.73. The van der Waals surface area contributed by atoms with E-state index in [9.17, 15) is 13.2 Å². The van der Waals surface area contributed by atoms with E-state index in [0.29, 0.717) is 24.2 Å². The van der Waals surface area contributed by atoms with Crippen molar-refractivity contribution in [1.29, 1.82) is 0 Å². The molecular weight excluding hydrogens is 434 g/mol. The van der Waals surface area contributed by atoms with E-state index in [2.05, 4.69) is 25.6 Å². The van der Waals surface area contributed by atoms with Gasteiger partial charge < -0.3 is 4.74 Å². The molecular formula is C18H16BrN3O4S. The summed E-state index contributed by atoms with van der Waals surface area (Å²) >= 11 is 3.49. The van der Waals surface area contributed by atoms with E-state index in [0.717, 1.165) is 15.6 Å². The summed E-state index contributed by atoms with van der Waals surface area (Å²) in [6, 6.07) is 8.36. The summed E-state index contributed by atoms with van der Waals surface area (Å²) < 4.78 is 35.6. The number of fused-ring (bicyclic) bond motifs is 2. The van der Waals surface area contributed by atoms with Crippen LogP contribution in [0.3, 0.4) is 0 Å². The van der Waals surface area contributed by atoms with Crippen molar-refractivity contribution >= 4 is 37.5 Å². The van der Waals surface area contributed by atoms with E-state index in [1.807, 2.05) is 6.07 Å². The van der Waals surface area contributed by atoms with Crippen LogP contribution < -0.4 is 9.46 Å². The summed E-state index contributed by atoms with van der Waals surface area (Å²) in [5, 5.41) is -0.0368. The molecule has 7 nitrogen and oxygen atoms in total. The Bertz CT molecular complexity index is 1160. The highest BCUT2D eigenvalue weighted by molar-refractivity contribution is 9.10. The molecule has 1 amide bonds. The molecule has 0 saturated heterocycles. The Morgan fingerprint density at radius 1 is 1.33 bits per heavy atom. The smallest absolute Gasteiger partial charge is 0.280 e. The number of sulfonamides is 1. The average molecular weight is 450 g/mol. The van der Waals surface area contributed by atoms with Crippen LogP contribution in [0.5, 0.6) is 5.75 Å². The number of carbonyl (C=O) groups is 1. The zero-order valence-corrected chi connectivity index (χ0v) is 16.7. The van der Waals surface area contributed by atoms with E-state index in [4.69, 9.17) is 4.74 Å². The summed E-state index contributed by atoms with van der Waals surface area (Å²) in [7, 11) is -2.52. The van der Waals surface area contributed by atoms with E-state index in [1.54, 1.807) is 24.4 Å². The van der Waals surface area contributed by atoms with Gasteiger partial charge in [0.25, 0.3) is 10.0 Å². The molecule has 0 radical (unpaired) electrons. The zero-order chi connectivity index (χ0) is 19.2. The van der Waals surface area contributed by atoms with Crippen LogP contribution in [0.25, 0.3) is 5.65 Å². The molecule has 1 aliphatic carbocycles. The summed E-state index contributed by atoms with van der Waals surface area (Å²) in [6.45, 7) is 0. The number of aromatic nitrogens is 2. The molecule has 9 heteroatoms. The number of benzene rings is 1. The van der Waals surface area contributed by atoms with Gasteiger partial charge in [-0.05, 0) is 42.7 Å². The molecule has 4 rings (SSSR count). The van der Waals surface area contributed by atoms with E-state index >= 15 is 0 Å². The van der Waals surface area contributed by atoms with Crippen LogP contribution >= 0.6 is 15.9 Å². The molecule has 0 fully saturated rings. The van der Waals surface area contributed by atoms with Gasteiger partial charge in [0.15, 0.2) is 5.03 Å². The van der Waals surface area contributed by atoms with E-state index < -0.39 is 21.8 Å². The van der Waals surface area contributed by atoms with Gasteiger partial charge in [0, 0.05) is 22.4 Å². The van der Waals surface area contributed by atoms with Gasteiger partial charge in [-0.2, -0.15) is 8.42 Å². The van der Waals surface area contributed by atoms with Crippen LogP contribution in [0.2, 0.25) is 0 Å². The van der Waals surface area contributed by atoms with Crippen LogP contribution in [0, 0.1) is 0 Å². The van der Waals surface area contributed by atoms with Gasteiger partial charge in [0.1, 0.15) is 11.4 Å². The number of halogens is 1. The van der Waals surface area contributed by atoms with Gasteiger partial charge in [-0.25, -0.2) is 9.71 Å². The number of hydrogen-bond acceptors (Lipinski definition) is 5. The third-order valence-corrected chi connectivity index (χ3v) is 6.83. The van der Waals surface area contributed by atoms with Crippen molar-refractivity contribution < 1.29 is 17.9 Å². The van der Waals surface area contributed by atoms with Crippen molar-refractivity contribution in [2.45, 2.75) is 23.8 Å². The predicted octanol–water partition coefficient (Wildman–Crippen LogP) is 2.64. The first kappa shape index (κ1) is 18.0. The Kier molecular flexibility index (Phi) is 4.43. The first-order valence-corrected chi connectivity index (χ1v) is 10.5. The maximum atomic E-state index is 12.9. The molecule has 0 saturated carbocycles. The molecule has 1 aromatic carbocycles. The van der Waals surface area contributed by atoms with Crippen LogP contribution in [0.15, 0.2) is 52.2 Å². The first-order chi connectivity index (χ1) is 12.9. The molecule has 0 aliphatic heterocycles. The summed E-state index contributed by atoms with van der Waals surface area (Å²) in [5.41, 5.74) is 2.20. The van der Waals surface area contributed by atoms with Crippen LogP contribution in [0.1, 0.15) is 23.5 Å². The van der Waals surface area contributed by atoms with E-state index in [-0.39, 0.29) is 5.03 Å². The Labute approximate surface area is 164 Å². The number of nitrogens with zero attached hydrogens (tertiary/aromatic N) is 2. The van der Waals surface area contributed by atoms with Gasteiger partial charge in [0.2, 0.25) is 5.91 Å². The predicted molar refractivity (Wildman–Crippen MR) is 102 cm³/mol. The highest BCUT2D eigenvalue weighted by Crippen LogP contribution is 2.43. The Morgan fingerprint density at radius 2 is 2.15 bits per heavy atom. The highest BCUT2D eigenvalue weighted by atomic mass is 79.9. The quantitative estimate of drug-likeness (QED) is 0.660. The molecule has 0 bridgehead atoms. The Morgan fingerprint density at radius 3 is 2.93 bits per heavy atom. The van der Waals surface area contributed by atoms with Gasteiger partial charge >= 0.3 is 0 Å². The van der Waals surface area contributed by atoms with E-state index in [1.165, 1.54) is 23.8 Å². The number of ether oxygens (including phenoxy) is 1. The summed E-state index contributed by atoms with van der Waals surface area (Å²) in [4.78, 5) is 16.9. The maximum absolute atomic E-state index is 12.9. The number of rotatable bonds is 4. The number of carbonyl (C=O) groups excluding carboxylic acids is 1. The summed E-state index contributed by atoms with van der Waals surface area (Å²) in [5.74, 6) is -0.577. The molecule has 1 unspecified atom stereocenters. The molecule has 3 aromatic rings. The number of methoxy groups -OCH3 is 1. The molecule has 1 N–H and O–H groups in total. The lowest BCUT2D eigenvalue weighted by molar-refractivity contribution is -0.120. The highest BCUT2D eigenvalue weighted by Gasteiger charge is 2.35. The van der Waals surface area contributed by atoms with Crippen LogP contribution in [-0.2, 0) is 21.2 Å². The normalized spacial score (nSPS) is 16.3. The van der Waals surface area contributed by atoms with Crippen LogP contribution in [-0.4, -0.2) is 30.8 Å². The second kappa shape index (κ2) is 6.65. The lowest BCUT2D eigenvalue weighted by Gasteiger charge is -2.16. The van der Waals surface area contributed by atoms with Crippen molar-refractivity contribution in [1.82, 2.24) is 14.1 Å². The Hall–Kier alpha value is -2.39. The molecule has 1 aliphatic rings. The second-order valence-electron chi connectivity index (χ2n) is 6.22. The monoisotopic (exact) mass is 449 g/mol. The molecule has 140 valence electrons. The average Bonchev–Trinajstić information content (AvgIpc) is 3.29. The second-order valence-corrected chi connectivity index (χ2v) is 8.71. The number of nitrogens with one attached hydrogen (secondary N) is 1. The minimum absolute atomic E-state index is 0.0368. The molecule has 27 heavy (non-hydrogen) atoms. The number of amides is 1. The minimum Gasteiger partial charge on any atom is -0.496 e.